The number of para-hydroxylation sites is 1. The number of anilines is 1. The summed E-state index contributed by atoms with van der Waals surface area (Å²) in [6.45, 7) is 1.92. The van der Waals surface area contributed by atoms with Crippen LogP contribution < -0.4 is 5.32 Å². The number of hydrogen-bond acceptors (Lipinski definition) is 1. The van der Waals surface area contributed by atoms with Crippen molar-refractivity contribution in [1.29, 1.82) is 0 Å². The van der Waals surface area contributed by atoms with E-state index >= 15 is 0 Å². The molecule has 0 spiro atoms. The molecular weight excluding hydrogens is 279 g/mol. The molecule has 0 heterocycles. The van der Waals surface area contributed by atoms with Crippen LogP contribution in [0.3, 0.4) is 0 Å². The number of carbonyl (C=O) groups excluding carboxylic acids is 1. The normalized spacial score (nSPS) is 11.2. The summed E-state index contributed by atoms with van der Waals surface area (Å²) in [7, 11) is 0. The second kappa shape index (κ2) is 5.99. The first kappa shape index (κ1) is 15.1. The Morgan fingerprint density at radius 2 is 1.67 bits per heavy atom. The number of benzene rings is 2. The van der Waals surface area contributed by atoms with Crippen molar-refractivity contribution >= 4 is 11.6 Å². The zero-order chi connectivity index (χ0) is 15.5. The summed E-state index contributed by atoms with van der Waals surface area (Å²) >= 11 is 0. The van der Waals surface area contributed by atoms with Gasteiger partial charge in [0, 0.05) is 0 Å². The van der Waals surface area contributed by atoms with Crippen LogP contribution in [0.15, 0.2) is 48.5 Å². The summed E-state index contributed by atoms with van der Waals surface area (Å²) in [4.78, 5) is 11.9. The van der Waals surface area contributed by atoms with Gasteiger partial charge in [0.25, 0.3) is 0 Å². The highest BCUT2D eigenvalue weighted by atomic mass is 19.4. The molecule has 0 saturated heterocycles. The van der Waals surface area contributed by atoms with E-state index in [1.165, 1.54) is 18.2 Å². The van der Waals surface area contributed by atoms with Gasteiger partial charge in [0.05, 0.1) is 17.7 Å². The number of amides is 1. The van der Waals surface area contributed by atoms with E-state index in [0.717, 1.165) is 17.2 Å². The Hall–Kier alpha value is -2.30. The predicted octanol–water partition coefficient (Wildman–Crippen LogP) is 4.20. The molecule has 0 atom stereocenters. The number of hydrogen-bond donors (Lipinski definition) is 1. The van der Waals surface area contributed by atoms with Gasteiger partial charge in [0.2, 0.25) is 5.91 Å². The molecule has 0 aliphatic rings. The van der Waals surface area contributed by atoms with Gasteiger partial charge in [-0.15, -0.1) is 0 Å². The van der Waals surface area contributed by atoms with Crippen molar-refractivity contribution in [2.45, 2.75) is 19.5 Å². The third-order valence-corrected chi connectivity index (χ3v) is 2.99. The molecule has 0 unspecified atom stereocenters. The molecule has 2 aromatic carbocycles. The minimum atomic E-state index is -4.49. The van der Waals surface area contributed by atoms with E-state index in [-0.39, 0.29) is 12.1 Å². The van der Waals surface area contributed by atoms with Crippen LogP contribution >= 0.6 is 0 Å². The highest BCUT2D eigenvalue weighted by molar-refractivity contribution is 5.93. The predicted molar refractivity (Wildman–Crippen MR) is 75.0 cm³/mol. The standard InChI is InChI=1S/C16H14F3NO/c1-11-6-8-12(9-7-11)10-15(21)20-14-5-3-2-4-13(14)16(17,18)19/h2-9H,10H2,1H3,(H,20,21). The minimum Gasteiger partial charge on any atom is -0.325 e. The summed E-state index contributed by atoms with van der Waals surface area (Å²) in [5.74, 6) is -0.476. The van der Waals surface area contributed by atoms with Crippen LogP contribution in [0.25, 0.3) is 0 Å². The first-order valence-electron chi connectivity index (χ1n) is 6.38. The molecule has 0 saturated carbocycles. The maximum atomic E-state index is 12.8. The Morgan fingerprint density at radius 3 is 2.29 bits per heavy atom. The largest absolute Gasteiger partial charge is 0.418 e. The first-order chi connectivity index (χ1) is 9.86. The molecule has 0 fully saturated rings. The number of rotatable bonds is 3. The Morgan fingerprint density at radius 1 is 1.05 bits per heavy atom. The molecule has 2 aromatic rings. The minimum absolute atomic E-state index is 0.0342. The molecule has 1 amide bonds. The van der Waals surface area contributed by atoms with E-state index in [1.54, 1.807) is 12.1 Å². The molecule has 0 aromatic heterocycles. The van der Waals surface area contributed by atoms with E-state index in [0.29, 0.717) is 0 Å². The average molecular weight is 293 g/mol. The molecule has 0 radical (unpaired) electrons. The van der Waals surface area contributed by atoms with Crippen LogP contribution in [0, 0.1) is 6.92 Å². The highest BCUT2D eigenvalue weighted by Crippen LogP contribution is 2.34. The maximum Gasteiger partial charge on any atom is 0.418 e. The van der Waals surface area contributed by atoms with Crippen molar-refractivity contribution in [2.24, 2.45) is 0 Å². The van der Waals surface area contributed by atoms with Crippen LogP contribution in [-0.2, 0) is 17.4 Å². The Balaban J connectivity index is 2.11. The number of nitrogens with one attached hydrogen (secondary N) is 1. The van der Waals surface area contributed by atoms with Crippen LogP contribution in [0.1, 0.15) is 16.7 Å². The summed E-state index contributed by atoms with van der Waals surface area (Å²) in [6, 6.07) is 12.2. The van der Waals surface area contributed by atoms with E-state index < -0.39 is 17.6 Å². The molecule has 0 aliphatic carbocycles. The quantitative estimate of drug-likeness (QED) is 0.903. The molecule has 5 heteroatoms. The third-order valence-electron chi connectivity index (χ3n) is 2.99. The van der Waals surface area contributed by atoms with Crippen molar-refractivity contribution < 1.29 is 18.0 Å². The van der Waals surface area contributed by atoms with Gasteiger partial charge in [-0.05, 0) is 24.6 Å². The molecule has 0 aliphatic heterocycles. The summed E-state index contributed by atoms with van der Waals surface area (Å²) in [5, 5.41) is 2.32. The SMILES string of the molecule is Cc1ccc(CC(=O)Nc2ccccc2C(F)(F)F)cc1. The number of aryl methyl sites for hydroxylation is 1. The Kier molecular flexibility index (Phi) is 4.31. The van der Waals surface area contributed by atoms with Gasteiger partial charge in [-0.2, -0.15) is 13.2 Å². The second-order valence-electron chi connectivity index (χ2n) is 4.75. The lowest BCUT2D eigenvalue weighted by molar-refractivity contribution is -0.137. The molecule has 1 N–H and O–H groups in total. The summed E-state index contributed by atoms with van der Waals surface area (Å²) in [5.41, 5.74) is 0.744. The van der Waals surface area contributed by atoms with Crippen molar-refractivity contribution in [3.8, 4) is 0 Å². The summed E-state index contributed by atoms with van der Waals surface area (Å²) < 4.78 is 38.5. The van der Waals surface area contributed by atoms with Gasteiger partial charge in [0.15, 0.2) is 0 Å². The van der Waals surface area contributed by atoms with Gasteiger partial charge >= 0.3 is 6.18 Å². The fourth-order valence-corrected chi connectivity index (χ4v) is 1.93. The smallest absolute Gasteiger partial charge is 0.325 e. The van der Waals surface area contributed by atoms with Crippen LogP contribution in [0.2, 0.25) is 0 Å². The topological polar surface area (TPSA) is 29.1 Å². The molecule has 2 rings (SSSR count). The fraction of sp³-hybridized carbons (Fsp3) is 0.188. The van der Waals surface area contributed by atoms with Gasteiger partial charge < -0.3 is 5.32 Å². The lowest BCUT2D eigenvalue weighted by Gasteiger charge is -2.13. The van der Waals surface area contributed by atoms with E-state index in [2.05, 4.69) is 5.32 Å². The Bertz CT molecular complexity index is 633. The lowest BCUT2D eigenvalue weighted by atomic mass is 10.1. The van der Waals surface area contributed by atoms with Gasteiger partial charge in [-0.1, -0.05) is 42.0 Å². The third kappa shape index (κ3) is 4.08. The van der Waals surface area contributed by atoms with E-state index in [9.17, 15) is 18.0 Å². The molecule has 2 nitrogen and oxygen atoms in total. The zero-order valence-electron chi connectivity index (χ0n) is 11.4. The van der Waals surface area contributed by atoms with Crippen LogP contribution in [-0.4, -0.2) is 5.91 Å². The van der Waals surface area contributed by atoms with Crippen molar-refractivity contribution in [3.05, 3.63) is 65.2 Å². The average Bonchev–Trinajstić information content (AvgIpc) is 2.41. The van der Waals surface area contributed by atoms with E-state index in [4.69, 9.17) is 0 Å². The van der Waals surface area contributed by atoms with E-state index in [1.807, 2.05) is 19.1 Å². The van der Waals surface area contributed by atoms with Gasteiger partial charge in [0.1, 0.15) is 0 Å². The maximum absolute atomic E-state index is 12.8. The van der Waals surface area contributed by atoms with Crippen LogP contribution in [0.5, 0.6) is 0 Å². The fourth-order valence-electron chi connectivity index (χ4n) is 1.93. The summed E-state index contributed by atoms with van der Waals surface area (Å²) in [6.07, 6.45) is -4.46. The lowest BCUT2D eigenvalue weighted by Crippen LogP contribution is -2.18. The molecule has 0 bridgehead atoms. The first-order valence-corrected chi connectivity index (χ1v) is 6.38. The number of halogens is 3. The van der Waals surface area contributed by atoms with Crippen molar-refractivity contribution in [3.63, 3.8) is 0 Å². The monoisotopic (exact) mass is 293 g/mol. The molecular formula is C16H14F3NO. The number of alkyl halides is 3. The molecule has 21 heavy (non-hydrogen) atoms. The van der Waals surface area contributed by atoms with Crippen molar-refractivity contribution in [1.82, 2.24) is 0 Å². The van der Waals surface area contributed by atoms with Gasteiger partial charge in [-0.3, -0.25) is 4.79 Å². The number of carbonyl (C=O) groups is 1. The highest BCUT2D eigenvalue weighted by Gasteiger charge is 2.33. The Labute approximate surface area is 120 Å². The second-order valence-corrected chi connectivity index (χ2v) is 4.75. The van der Waals surface area contributed by atoms with Gasteiger partial charge in [-0.25, -0.2) is 0 Å². The molecule has 110 valence electrons. The van der Waals surface area contributed by atoms with Crippen molar-refractivity contribution in [2.75, 3.05) is 5.32 Å². The zero-order valence-corrected chi connectivity index (χ0v) is 11.4. The van der Waals surface area contributed by atoms with Crippen LogP contribution in [0.4, 0.5) is 18.9 Å².